The Morgan fingerprint density at radius 3 is 2.39 bits per heavy atom. The van der Waals surface area contributed by atoms with E-state index in [4.69, 9.17) is 9.47 Å². The van der Waals surface area contributed by atoms with Crippen LogP contribution in [0.2, 0.25) is 0 Å². The van der Waals surface area contributed by atoms with Crippen LogP contribution in [0.3, 0.4) is 0 Å². The monoisotopic (exact) mass is 316 g/mol. The number of halogens is 1. The summed E-state index contributed by atoms with van der Waals surface area (Å²) >= 11 is 3.41. The second-order valence-electron chi connectivity index (χ2n) is 4.24. The molecule has 1 N–H and O–H groups in total. The number of ether oxygens (including phenoxy) is 2. The molecule has 0 bridgehead atoms. The maximum Gasteiger partial charge on any atom is 0.133 e. The second-order valence-corrected chi connectivity index (χ2v) is 5.09. The van der Waals surface area contributed by atoms with Gasteiger partial charge in [0.15, 0.2) is 0 Å². The number of aliphatic hydroxyl groups excluding tert-OH is 1. The Bertz CT molecular complexity index is 380. The smallest absolute Gasteiger partial charge is 0.133 e. The molecule has 0 spiro atoms. The Morgan fingerprint density at radius 2 is 1.83 bits per heavy atom. The van der Waals surface area contributed by atoms with Gasteiger partial charge >= 0.3 is 0 Å². The SMILES string of the molecule is CCCCCC(O)c1cc(OC)c(Br)cc1OC. The molecule has 1 aromatic carbocycles. The van der Waals surface area contributed by atoms with Crippen LogP contribution in [0.1, 0.15) is 44.3 Å². The standard InChI is InChI=1S/C14H21BrO3/c1-4-5-6-7-12(16)10-8-14(18-3)11(15)9-13(10)17-2/h8-9,12,16H,4-7H2,1-3H3. The van der Waals surface area contributed by atoms with Gasteiger partial charge in [-0.15, -0.1) is 0 Å². The summed E-state index contributed by atoms with van der Waals surface area (Å²) in [7, 11) is 3.22. The van der Waals surface area contributed by atoms with Gasteiger partial charge in [-0.1, -0.05) is 26.2 Å². The Kier molecular flexibility index (Phi) is 6.50. The fourth-order valence-corrected chi connectivity index (χ4v) is 2.37. The van der Waals surface area contributed by atoms with Gasteiger partial charge in [-0.25, -0.2) is 0 Å². The van der Waals surface area contributed by atoms with E-state index in [-0.39, 0.29) is 0 Å². The number of rotatable bonds is 7. The van der Waals surface area contributed by atoms with Crippen LogP contribution >= 0.6 is 15.9 Å². The molecule has 0 aliphatic heterocycles. The van der Waals surface area contributed by atoms with Crippen molar-refractivity contribution >= 4 is 15.9 Å². The molecule has 0 aliphatic rings. The van der Waals surface area contributed by atoms with E-state index in [9.17, 15) is 5.11 Å². The van der Waals surface area contributed by atoms with Gasteiger partial charge in [-0.2, -0.15) is 0 Å². The Hall–Kier alpha value is -0.740. The predicted molar refractivity (Wildman–Crippen MR) is 76.3 cm³/mol. The third-order valence-corrected chi connectivity index (χ3v) is 3.56. The maximum atomic E-state index is 10.2. The number of benzene rings is 1. The van der Waals surface area contributed by atoms with Crippen LogP contribution in [0, 0.1) is 0 Å². The van der Waals surface area contributed by atoms with Crippen LogP contribution in [-0.2, 0) is 0 Å². The van der Waals surface area contributed by atoms with Crippen molar-refractivity contribution in [1.29, 1.82) is 0 Å². The molecule has 1 aromatic rings. The lowest BCUT2D eigenvalue weighted by molar-refractivity contribution is 0.159. The number of methoxy groups -OCH3 is 2. The maximum absolute atomic E-state index is 10.2. The largest absolute Gasteiger partial charge is 0.496 e. The molecule has 0 saturated heterocycles. The normalized spacial score (nSPS) is 12.3. The number of unbranched alkanes of at least 4 members (excludes halogenated alkanes) is 2. The topological polar surface area (TPSA) is 38.7 Å². The van der Waals surface area contributed by atoms with Crippen molar-refractivity contribution in [2.45, 2.75) is 38.7 Å². The molecule has 1 atom stereocenters. The van der Waals surface area contributed by atoms with Crippen molar-refractivity contribution in [3.05, 3.63) is 22.2 Å². The van der Waals surface area contributed by atoms with Gasteiger partial charge in [0.25, 0.3) is 0 Å². The first kappa shape index (κ1) is 15.3. The van der Waals surface area contributed by atoms with Gasteiger partial charge in [-0.3, -0.25) is 0 Å². The first-order chi connectivity index (χ1) is 8.63. The molecule has 0 radical (unpaired) electrons. The highest BCUT2D eigenvalue weighted by atomic mass is 79.9. The zero-order chi connectivity index (χ0) is 13.5. The Labute approximate surface area is 117 Å². The van der Waals surface area contributed by atoms with E-state index in [1.54, 1.807) is 14.2 Å². The summed E-state index contributed by atoms with van der Waals surface area (Å²) in [5.41, 5.74) is 0.786. The summed E-state index contributed by atoms with van der Waals surface area (Å²) in [5, 5.41) is 10.2. The summed E-state index contributed by atoms with van der Waals surface area (Å²) in [6.07, 6.45) is 3.53. The lowest BCUT2D eigenvalue weighted by Gasteiger charge is -2.17. The van der Waals surface area contributed by atoms with E-state index in [2.05, 4.69) is 22.9 Å². The average Bonchev–Trinajstić information content (AvgIpc) is 2.38. The average molecular weight is 317 g/mol. The number of hydrogen-bond acceptors (Lipinski definition) is 3. The van der Waals surface area contributed by atoms with E-state index in [0.717, 1.165) is 35.7 Å². The fourth-order valence-electron chi connectivity index (χ4n) is 1.89. The van der Waals surface area contributed by atoms with Gasteiger partial charge < -0.3 is 14.6 Å². The van der Waals surface area contributed by atoms with Crippen LogP contribution in [0.15, 0.2) is 16.6 Å². The molecule has 18 heavy (non-hydrogen) atoms. The van der Waals surface area contributed by atoms with Crippen molar-refractivity contribution in [2.24, 2.45) is 0 Å². The third-order valence-electron chi connectivity index (χ3n) is 2.94. The summed E-state index contributed by atoms with van der Waals surface area (Å²) in [4.78, 5) is 0. The van der Waals surface area contributed by atoms with Crippen LogP contribution < -0.4 is 9.47 Å². The summed E-state index contributed by atoms with van der Waals surface area (Å²) in [5.74, 6) is 1.40. The van der Waals surface area contributed by atoms with Crippen molar-refractivity contribution in [2.75, 3.05) is 14.2 Å². The molecule has 4 heteroatoms. The Morgan fingerprint density at radius 1 is 1.17 bits per heavy atom. The molecule has 102 valence electrons. The highest BCUT2D eigenvalue weighted by Crippen LogP contribution is 2.37. The van der Waals surface area contributed by atoms with Gasteiger partial charge in [0.1, 0.15) is 11.5 Å². The predicted octanol–water partition coefficient (Wildman–Crippen LogP) is 4.08. The molecule has 0 heterocycles. The Balaban J connectivity index is 2.90. The third kappa shape index (κ3) is 3.89. The molecule has 0 amide bonds. The fraction of sp³-hybridized carbons (Fsp3) is 0.571. The molecule has 0 aliphatic carbocycles. The minimum Gasteiger partial charge on any atom is -0.496 e. The molecule has 1 rings (SSSR count). The van der Waals surface area contributed by atoms with Crippen molar-refractivity contribution < 1.29 is 14.6 Å². The van der Waals surface area contributed by atoms with Crippen molar-refractivity contribution in [3.63, 3.8) is 0 Å². The summed E-state index contributed by atoms with van der Waals surface area (Å²) in [6, 6.07) is 3.66. The van der Waals surface area contributed by atoms with Gasteiger partial charge in [-0.05, 0) is 34.5 Å². The van der Waals surface area contributed by atoms with Crippen LogP contribution in [0.4, 0.5) is 0 Å². The zero-order valence-electron chi connectivity index (χ0n) is 11.2. The molecule has 1 unspecified atom stereocenters. The number of aliphatic hydroxyl groups is 1. The first-order valence-corrected chi connectivity index (χ1v) is 7.02. The lowest BCUT2D eigenvalue weighted by atomic mass is 10.0. The van der Waals surface area contributed by atoms with Crippen LogP contribution in [0.5, 0.6) is 11.5 Å². The molecule has 0 saturated carbocycles. The number of hydrogen-bond donors (Lipinski definition) is 1. The van der Waals surface area contributed by atoms with Gasteiger partial charge in [0, 0.05) is 5.56 Å². The van der Waals surface area contributed by atoms with E-state index < -0.39 is 6.10 Å². The van der Waals surface area contributed by atoms with E-state index >= 15 is 0 Å². The van der Waals surface area contributed by atoms with Crippen molar-refractivity contribution in [3.8, 4) is 11.5 Å². The van der Waals surface area contributed by atoms with E-state index in [1.165, 1.54) is 0 Å². The molecular formula is C14H21BrO3. The molecule has 0 fully saturated rings. The lowest BCUT2D eigenvalue weighted by Crippen LogP contribution is -2.02. The van der Waals surface area contributed by atoms with Crippen molar-refractivity contribution in [1.82, 2.24) is 0 Å². The van der Waals surface area contributed by atoms with Crippen LogP contribution in [-0.4, -0.2) is 19.3 Å². The van der Waals surface area contributed by atoms with Gasteiger partial charge in [0.05, 0.1) is 24.8 Å². The summed E-state index contributed by atoms with van der Waals surface area (Å²) < 4.78 is 11.4. The highest BCUT2D eigenvalue weighted by Gasteiger charge is 2.16. The van der Waals surface area contributed by atoms with Crippen LogP contribution in [0.25, 0.3) is 0 Å². The van der Waals surface area contributed by atoms with E-state index in [1.807, 2.05) is 12.1 Å². The minimum absolute atomic E-state index is 0.506. The highest BCUT2D eigenvalue weighted by molar-refractivity contribution is 9.10. The zero-order valence-corrected chi connectivity index (χ0v) is 12.8. The second kappa shape index (κ2) is 7.64. The molecular weight excluding hydrogens is 296 g/mol. The molecule has 0 aromatic heterocycles. The van der Waals surface area contributed by atoms with E-state index in [0.29, 0.717) is 11.5 Å². The van der Waals surface area contributed by atoms with Gasteiger partial charge in [0.2, 0.25) is 0 Å². The quantitative estimate of drug-likeness (QED) is 0.770. The molecule has 3 nitrogen and oxygen atoms in total. The first-order valence-electron chi connectivity index (χ1n) is 6.23. The summed E-state index contributed by atoms with van der Waals surface area (Å²) in [6.45, 7) is 2.15. The minimum atomic E-state index is -0.506.